The molecule has 2 aromatic rings. The number of hydrogen-bond donors (Lipinski definition) is 1. The van der Waals surface area contributed by atoms with E-state index < -0.39 is 32.9 Å². The minimum atomic E-state index is -3.82. The summed E-state index contributed by atoms with van der Waals surface area (Å²) in [4.78, 5) is 35.1. The van der Waals surface area contributed by atoms with E-state index in [0.29, 0.717) is 0 Å². The lowest BCUT2D eigenvalue weighted by atomic mass is 10.2. The number of halogens is 1. The smallest absolute Gasteiger partial charge is 0.338 e. The Balaban J connectivity index is 1.70. The van der Waals surface area contributed by atoms with E-state index >= 15 is 0 Å². The fraction of sp³-hybridized carbons (Fsp3) is 0.300. The molecular weight excluding hydrogens is 478 g/mol. The molecule has 3 rings (SSSR count). The van der Waals surface area contributed by atoms with Crippen molar-refractivity contribution in [1.29, 1.82) is 0 Å². The van der Waals surface area contributed by atoms with Crippen molar-refractivity contribution in [3.05, 3.63) is 63.2 Å². The van der Waals surface area contributed by atoms with Crippen LogP contribution in [-0.4, -0.2) is 61.9 Å². The zero-order valence-electron chi connectivity index (χ0n) is 17.4. The lowest BCUT2D eigenvalue weighted by Gasteiger charge is -2.26. The van der Waals surface area contributed by atoms with E-state index in [1.807, 2.05) is 0 Å². The van der Waals surface area contributed by atoms with Gasteiger partial charge in [0, 0.05) is 25.2 Å². The SMILES string of the molecule is CC(OC(=O)c1cccc(S(=O)(=O)N2CCOCC2)c1)C(=O)Nc1cc([N+](=O)[O-])ccc1Cl. The van der Waals surface area contributed by atoms with Crippen LogP contribution in [0.3, 0.4) is 0 Å². The maximum Gasteiger partial charge on any atom is 0.338 e. The highest BCUT2D eigenvalue weighted by Gasteiger charge is 2.28. The Kier molecular flexibility index (Phi) is 7.64. The molecule has 1 atom stereocenters. The minimum absolute atomic E-state index is 0.0163. The average molecular weight is 498 g/mol. The summed E-state index contributed by atoms with van der Waals surface area (Å²) in [5, 5.41) is 13.4. The molecule has 11 nitrogen and oxygen atoms in total. The van der Waals surface area contributed by atoms with E-state index in [1.54, 1.807) is 0 Å². The van der Waals surface area contributed by atoms with Gasteiger partial charge in [0.05, 0.1) is 39.3 Å². The van der Waals surface area contributed by atoms with Crippen molar-refractivity contribution in [1.82, 2.24) is 4.31 Å². The first-order valence-corrected chi connectivity index (χ1v) is 11.5. The molecule has 1 aliphatic rings. The number of carbonyl (C=O) groups is 2. The first kappa shape index (κ1) is 24.6. The second kappa shape index (κ2) is 10.3. The number of nitro groups is 1. The van der Waals surface area contributed by atoms with Gasteiger partial charge >= 0.3 is 5.97 Å². The van der Waals surface area contributed by atoms with Crippen molar-refractivity contribution >= 4 is 44.9 Å². The Hall–Kier alpha value is -3.06. The molecule has 33 heavy (non-hydrogen) atoms. The first-order chi connectivity index (χ1) is 15.6. The van der Waals surface area contributed by atoms with Crippen LogP contribution in [0.25, 0.3) is 0 Å². The Labute approximate surface area is 194 Å². The number of anilines is 1. The van der Waals surface area contributed by atoms with Crippen LogP contribution in [0.15, 0.2) is 47.4 Å². The highest BCUT2D eigenvalue weighted by molar-refractivity contribution is 7.89. The molecule has 1 N–H and O–H groups in total. The first-order valence-electron chi connectivity index (χ1n) is 9.73. The van der Waals surface area contributed by atoms with E-state index in [2.05, 4.69) is 5.32 Å². The number of hydrogen-bond acceptors (Lipinski definition) is 8. The molecule has 0 saturated carbocycles. The number of sulfonamides is 1. The Morgan fingerprint density at radius 1 is 1.21 bits per heavy atom. The van der Waals surface area contributed by atoms with E-state index in [1.165, 1.54) is 47.6 Å². The number of esters is 1. The molecule has 1 aliphatic heterocycles. The van der Waals surface area contributed by atoms with Crippen molar-refractivity contribution in [3.8, 4) is 0 Å². The van der Waals surface area contributed by atoms with Crippen LogP contribution in [-0.2, 0) is 24.3 Å². The van der Waals surface area contributed by atoms with Crippen molar-refractivity contribution in [2.75, 3.05) is 31.6 Å². The lowest BCUT2D eigenvalue weighted by Crippen LogP contribution is -2.40. The normalized spacial score (nSPS) is 15.5. The number of nitrogens with zero attached hydrogens (tertiary/aromatic N) is 2. The fourth-order valence-corrected chi connectivity index (χ4v) is 4.58. The van der Waals surface area contributed by atoms with Crippen LogP contribution in [0.4, 0.5) is 11.4 Å². The van der Waals surface area contributed by atoms with Crippen molar-refractivity contribution in [2.45, 2.75) is 17.9 Å². The molecule has 0 bridgehead atoms. The summed E-state index contributed by atoms with van der Waals surface area (Å²) in [6.45, 7) is 2.26. The van der Waals surface area contributed by atoms with E-state index in [4.69, 9.17) is 21.1 Å². The zero-order chi connectivity index (χ0) is 24.2. The Morgan fingerprint density at radius 2 is 1.91 bits per heavy atom. The third kappa shape index (κ3) is 5.85. The highest BCUT2D eigenvalue weighted by atomic mass is 35.5. The number of benzene rings is 2. The number of non-ortho nitro benzene ring substituents is 1. The number of nitrogens with one attached hydrogen (secondary N) is 1. The fourth-order valence-electron chi connectivity index (χ4n) is 2.96. The molecule has 0 aromatic heterocycles. The number of amides is 1. The number of rotatable bonds is 7. The van der Waals surface area contributed by atoms with Crippen molar-refractivity contribution < 1.29 is 32.4 Å². The monoisotopic (exact) mass is 497 g/mol. The molecule has 1 heterocycles. The molecule has 0 spiro atoms. The van der Waals surface area contributed by atoms with E-state index in [-0.39, 0.29) is 53.2 Å². The number of morpholine rings is 1. The molecule has 1 amide bonds. The second-order valence-electron chi connectivity index (χ2n) is 7.00. The van der Waals surface area contributed by atoms with Crippen LogP contribution < -0.4 is 5.32 Å². The van der Waals surface area contributed by atoms with Gasteiger partial charge in [0.15, 0.2) is 6.10 Å². The van der Waals surface area contributed by atoms with Gasteiger partial charge in [-0.05, 0) is 31.2 Å². The molecular formula is C20H20ClN3O8S. The summed E-state index contributed by atoms with van der Waals surface area (Å²) in [5.74, 6) is -1.69. The Bertz CT molecular complexity index is 1180. The number of nitro benzene ring substituents is 1. The number of carbonyl (C=O) groups excluding carboxylic acids is 2. The summed E-state index contributed by atoms with van der Waals surface area (Å²) < 4.78 is 37.2. The quantitative estimate of drug-likeness (QED) is 0.349. The van der Waals surface area contributed by atoms with Gasteiger partial charge in [-0.2, -0.15) is 4.31 Å². The van der Waals surface area contributed by atoms with Gasteiger partial charge in [-0.15, -0.1) is 0 Å². The molecule has 13 heteroatoms. The summed E-state index contributed by atoms with van der Waals surface area (Å²) in [6.07, 6.45) is -1.30. The zero-order valence-corrected chi connectivity index (χ0v) is 19.0. The third-order valence-electron chi connectivity index (χ3n) is 4.75. The predicted molar refractivity (Wildman–Crippen MR) is 118 cm³/mol. The topological polar surface area (TPSA) is 145 Å². The van der Waals surface area contributed by atoms with Gasteiger partial charge in [-0.3, -0.25) is 14.9 Å². The van der Waals surface area contributed by atoms with Crippen molar-refractivity contribution in [2.24, 2.45) is 0 Å². The second-order valence-corrected chi connectivity index (χ2v) is 9.35. The van der Waals surface area contributed by atoms with Crippen LogP contribution >= 0.6 is 11.6 Å². The largest absolute Gasteiger partial charge is 0.449 e. The van der Waals surface area contributed by atoms with Crippen LogP contribution in [0.2, 0.25) is 5.02 Å². The highest BCUT2D eigenvalue weighted by Crippen LogP contribution is 2.27. The van der Waals surface area contributed by atoms with Gasteiger partial charge in [0.25, 0.3) is 11.6 Å². The predicted octanol–water partition coefficient (Wildman–Crippen LogP) is 2.45. The van der Waals surface area contributed by atoms with Crippen molar-refractivity contribution in [3.63, 3.8) is 0 Å². The molecule has 1 unspecified atom stereocenters. The maximum absolute atomic E-state index is 12.8. The molecule has 0 radical (unpaired) electrons. The van der Waals surface area contributed by atoms with E-state index in [9.17, 15) is 28.1 Å². The van der Waals surface area contributed by atoms with Gasteiger partial charge in [-0.25, -0.2) is 13.2 Å². The van der Waals surface area contributed by atoms with Gasteiger partial charge < -0.3 is 14.8 Å². The Morgan fingerprint density at radius 3 is 2.58 bits per heavy atom. The lowest BCUT2D eigenvalue weighted by molar-refractivity contribution is -0.384. The minimum Gasteiger partial charge on any atom is -0.449 e. The molecule has 1 saturated heterocycles. The molecule has 1 fully saturated rings. The average Bonchev–Trinajstić information content (AvgIpc) is 2.80. The summed E-state index contributed by atoms with van der Waals surface area (Å²) in [5.41, 5.74) is -0.354. The maximum atomic E-state index is 12.8. The van der Waals surface area contributed by atoms with Crippen LogP contribution in [0.1, 0.15) is 17.3 Å². The van der Waals surface area contributed by atoms with E-state index in [0.717, 1.165) is 6.07 Å². The summed E-state index contributed by atoms with van der Waals surface area (Å²) >= 11 is 5.96. The molecule has 0 aliphatic carbocycles. The van der Waals surface area contributed by atoms with Gasteiger partial charge in [0.1, 0.15) is 0 Å². The van der Waals surface area contributed by atoms with Gasteiger partial charge in [0.2, 0.25) is 10.0 Å². The van der Waals surface area contributed by atoms with Gasteiger partial charge in [-0.1, -0.05) is 17.7 Å². The summed E-state index contributed by atoms with van der Waals surface area (Å²) in [7, 11) is -3.82. The standard InChI is InChI=1S/C20H20ClN3O8S/c1-13(19(25)22-18-12-15(24(27)28)5-6-17(18)21)32-20(26)14-3-2-4-16(11-14)33(29,30)23-7-9-31-10-8-23/h2-6,11-13H,7-10H2,1H3,(H,22,25). The molecule has 2 aromatic carbocycles. The van der Waals surface area contributed by atoms with Crippen LogP contribution in [0.5, 0.6) is 0 Å². The molecule has 176 valence electrons. The third-order valence-corrected chi connectivity index (χ3v) is 6.97. The van der Waals surface area contributed by atoms with Crippen LogP contribution in [0, 0.1) is 10.1 Å². The number of ether oxygens (including phenoxy) is 2. The summed E-state index contributed by atoms with van der Waals surface area (Å²) in [6, 6.07) is 8.82.